The van der Waals surface area contributed by atoms with Gasteiger partial charge in [0.1, 0.15) is 0 Å². The lowest BCUT2D eigenvalue weighted by atomic mass is 10.1. The Balaban J connectivity index is 2.37. The lowest BCUT2D eigenvalue weighted by molar-refractivity contribution is -0.132. The molecular weight excluding hydrogens is 256 g/mol. The van der Waals surface area contributed by atoms with E-state index in [9.17, 15) is 14.4 Å². The first kappa shape index (κ1) is 14.2. The van der Waals surface area contributed by atoms with Crippen LogP contribution in [-0.2, 0) is 9.59 Å². The monoisotopic (exact) mass is 274 g/mol. The van der Waals surface area contributed by atoms with Crippen LogP contribution in [0.3, 0.4) is 0 Å². The van der Waals surface area contributed by atoms with Crippen LogP contribution in [0.1, 0.15) is 25.8 Å². The summed E-state index contributed by atoms with van der Waals surface area (Å²) in [5, 5.41) is 0. The van der Waals surface area contributed by atoms with E-state index in [1.54, 1.807) is 26.0 Å². The Labute approximate surface area is 118 Å². The molecule has 1 aromatic carbocycles. The van der Waals surface area contributed by atoms with E-state index in [1.807, 2.05) is 19.1 Å². The molecule has 1 fully saturated rings. The van der Waals surface area contributed by atoms with Crippen molar-refractivity contribution in [2.75, 3.05) is 11.4 Å². The molecule has 0 spiro atoms. The fraction of sp³-hybridized carbons (Fsp3) is 0.400. The lowest BCUT2D eigenvalue weighted by Gasteiger charge is -2.34. The van der Waals surface area contributed by atoms with Gasteiger partial charge in [-0.1, -0.05) is 32.0 Å². The first-order chi connectivity index (χ1) is 9.43. The van der Waals surface area contributed by atoms with E-state index in [0.717, 1.165) is 10.5 Å². The van der Waals surface area contributed by atoms with Gasteiger partial charge in [0, 0.05) is 18.9 Å². The van der Waals surface area contributed by atoms with Crippen molar-refractivity contribution in [2.45, 2.75) is 27.2 Å². The summed E-state index contributed by atoms with van der Waals surface area (Å²) in [6, 6.07) is 6.61. The number of urea groups is 1. The number of carbonyl (C=O) groups is 3. The number of amides is 4. The van der Waals surface area contributed by atoms with E-state index in [0.29, 0.717) is 5.69 Å². The fourth-order valence-electron chi connectivity index (χ4n) is 2.21. The third-order valence-corrected chi connectivity index (χ3v) is 3.34. The van der Waals surface area contributed by atoms with E-state index in [4.69, 9.17) is 0 Å². The van der Waals surface area contributed by atoms with Gasteiger partial charge < -0.3 is 0 Å². The maximum atomic E-state index is 12.4. The minimum absolute atomic E-state index is 0.164. The Bertz CT molecular complexity index is 566. The second-order valence-electron chi connectivity index (χ2n) is 5.19. The molecule has 5 heteroatoms. The number of anilines is 1. The summed E-state index contributed by atoms with van der Waals surface area (Å²) in [5.41, 5.74) is 1.37. The van der Waals surface area contributed by atoms with Gasteiger partial charge in [0.05, 0.1) is 5.69 Å². The molecule has 1 aliphatic heterocycles. The van der Waals surface area contributed by atoms with Crippen LogP contribution in [0, 0.1) is 12.8 Å². The van der Waals surface area contributed by atoms with Gasteiger partial charge >= 0.3 is 6.03 Å². The minimum Gasteiger partial charge on any atom is -0.274 e. The maximum absolute atomic E-state index is 12.4. The second kappa shape index (κ2) is 5.45. The predicted molar refractivity (Wildman–Crippen MR) is 75.2 cm³/mol. The Morgan fingerprint density at radius 1 is 1.20 bits per heavy atom. The van der Waals surface area contributed by atoms with Crippen LogP contribution in [-0.4, -0.2) is 29.3 Å². The number of rotatable bonds is 2. The van der Waals surface area contributed by atoms with Crippen molar-refractivity contribution in [2.24, 2.45) is 5.92 Å². The minimum atomic E-state index is -0.547. The van der Waals surface area contributed by atoms with Crippen molar-refractivity contribution in [1.29, 1.82) is 0 Å². The molecule has 0 bridgehead atoms. The third-order valence-electron chi connectivity index (χ3n) is 3.34. The highest BCUT2D eigenvalue weighted by Gasteiger charge is 2.37. The first-order valence-electron chi connectivity index (χ1n) is 6.67. The van der Waals surface area contributed by atoms with Crippen LogP contribution in [0.15, 0.2) is 24.3 Å². The zero-order chi connectivity index (χ0) is 14.9. The predicted octanol–water partition coefficient (Wildman–Crippen LogP) is 2.34. The topological polar surface area (TPSA) is 57.7 Å². The van der Waals surface area contributed by atoms with E-state index in [2.05, 4.69) is 0 Å². The SMILES string of the molecule is Cc1ccccc1N1C(=O)CCN(C(=O)C(C)C)C1=O. The van der Waals surface area contributed by atoms with Gasteiger partial charge in [0.25, 0.3) is 0 Å². The molecule has 5 nitrogen and oxygen atoms in total. The molecule has 1 heterocycles. The van der Waals surface area contributed by atoms with Gasteiger partial charge in [-0.2, -0.15) is 0 Å². The van der Waals surface area contributed by atoms with E-state index in [1.165, 1.54) is 4.90 Å². The summed E-state index contributed by atoms with van der Waals surface area (Å²) >= 11 is 0. The zero-order valence-electron chi connectivity index (χ0n) is 11.9. The van der Waals surface area contributed by atoms with Crippen LogP contribution in [0.2, 0.25) is 0 Å². The highest BCUT2D eigenvalue weighted by molar-refractivity contribution is 6.19. The largest absolute Gasteiger partial charge is 0.338 e. The summed E-state index contributed by atoms with van der Waals surface area (Å²) in [7, 11) is 0. The van der Waals surface area contributed by atoms with Gasteiger partial charge in [-0.25, -0.2) is 9.69 Å². The zero-order valence-corrected chi connectivity index (χ0v) is 11.9. The molecule has 20 heavy (non-hydrogen) atoms. The van der Waals surface area contributed by atoms with Crippen LogP contribution in [0.5, 0.6) is 0 Å². The molecule has 0 atom stereocenters. The molecule has 1 saturated heterocycles. The highest BCUT2D eigenvalue weighted by Crippen LogP contribution is 2.25. The average Bonchev–Trinajstić information content (AvgIpc) is 2.40. The van der Waals surface area contributed by atoms with Crippen molar-refractivity contribution in [3.05, 3.63) is 29.8 Å². The lowest BCUT2D eigenvalue weighted by Crippen LogP contribution is -2.55. The molecule has 2 rings (SSSR count). The van der Waals surface area contributed by atoms with E-state index < -0.39 is 6.03 Å². The Kier molecular flexibility index (Phi) is 3.88. The van der Waals surface area contributed by atoms with Gasteiger partial charge in [-0.15, -0.1) is 0 Å². The van der Waals surface area contributed by atoms with Crippen LogP contribution in [0.25, 0.3) is 0 Å². The van der Waals surface area contributed by atoms with Crippen LogP contribution in [0.4, 0.5) is 10.5 Å². The molecule has 0 aliphatic carbocycles. The maximum Gasteiger partial charge on any atom is 0.338 e. The number of aryl methyl sites for hydroxylation is 1. The molecule has 0 aromatic heterocycles. The van der Waals surface area contributed by atoms with Crippen molar-refractivity contribution in [3.8, 4) is 0 Å². The smallest absolute Gasteiger partial charge is 0.274 e. The van der Waals surface area contributed by atoms with Gasteiger partial charge in [-0.05, 0) is 18.6 Å². The molecule has 106 valence electrons. The van der Waals surface area contributed by atoms with Crippen LogP contribution >= 0.6 is 0 Å². The number of para-hydroxylation sites is 1. The Hall–Kier alpha value is -2.17. The molecular formula is C15H18N2O3. The van der Waals surface area contributed by atoms with Crippen LogP contribution < -0.4 is 4.90 Å². The molecule has 0 radical (unpaired) electrons. The van der Waals surface area contributed by atoms with Crippen molar-refractivity contribution < 1.29 is 14.4 Å². The molecule has 0 N–H and O–H groups in total. The van der Waals surface area contributed by atoms with E-state index in [-0.39, 0.29) is 30.7 Å². The standard InChI is InChI=1S/C15H18N2O3/c1-10(2)14(19)16-9-8-13(18)17(15(16)20)12-7-5-4-6-11(12)3/h4-7,10H,8-9H2,1-3H3. The number of imide groups is 2. The van der Waals surface area contributed by atoms with Crippen molar-refractivity contribution in [3.63, 3.8) is 0 Å². The number of hydrogen-bond donors (Lipinski definition) is 0. The summed E-state index contributed by atoms with van der Waals surface area (Å²) in [5.74, 6) is -0.788. The van der Waals surface area contributed by atoms with Gasteiger partial charge in [-0.3, -0.25) is 14.5 Å². The highest BCUT2D eigenvalue weighted by atomic mass is 16.2. The van der Waals surface area contributed by atoms with Crippen molar-refractivity contribution in [1.82, 2.24) is 4.90 Å². The van der Waals surface area contributed by atoms with E-state index >= 15 is 0 Å². The van der Waals surface area contributed by atoms with Gasteiger partial charge in [0.2, 0.25) is 11.8 Å². The number of carbonyl (C=O) groups excluding carboxylic acids is 3. The summed E-state index contributed by atoms with van der Waals surface area (Å²) in [4.78, 5) is 38.8. The Morgan fingerprint density at radius 2 is 1.85 bits per heavy atom. The molecule has 4 amide bonds. The molecule has 1 aliphatic rings. The number of nitrogens with zero attached hydrogens (tertiary/aromatic N) is 2. The van der Waals surface area contributed by atoms with Gasteiger partial charge in [0.15, 0.2) is 0 Å². The van der Waals surface area contributed by atoms with Crippen molar-refractivity contribution >= 4 is 23.5 Å². The molecule has 1 aromatic rings. The summed E-state index contributed by atoms with van der Waals surface area (Å²) in [6.45, 7) is 5.48. The first-order valence-corrected chi connectivity index (χ1v) is 6.67. The quantitative estimate of drug-likeness (QED) is 0.831. The summed E-state index contributed by atoms with van der Waals surface area (Å²) in [6.07, 6.45) is 0.165. The second-order valence-corrected chi connectivity index (χ2v) is 5.19. The normalized spacial score (nSPS) is 16.0. The Morgan fingerprint density at radius 3 is 2.45 bits per heavy atom. The molecule has 0 saturated carbocycles. The average molecular weight is 274 g/mol. The molecule has 0 unspecified atom stereocenters. The third kappa shape index (κ3) is 2.43. The number of hydrogen-bond acceptors (Lipinski definition) is 3. The fourth-order valence-corrected chi connectivity index (χ4v) is 2.21. The number of benzene rings is 1. The summed E-state index contributed by atoms with van der Waals surface area (Å²) < 4.78 is 0.